The third-order valence-electron chi connectivity index (χ3n) is 4.80. The highest BCUT2D eigenvalue weighted by Crippen LogP contribution is 2.22. The van der Waals surface area contributed by atoms with Crippen LogP contribution in [0.2, 0.25) is 0 Å². The molecule has 0 radical (unpaired) electrons. The smallest absolute Gasteiger partial charge is 0.267 e. The molecule has 0 aliphatic heterocycles. The molecule has 0 aromatic carbocycles. The summed E-state index contributed by atoms with van der Waals surface area (Å²) in [6.07, 6.45) is 10.5. The molecule has 31 heavy (non-hydrogen) atoms. The molecule has 0 aliphatic rings. The molecule has 9 nitrogen and oxygen atoms in total. The summed E-state index contributed by atoms with van der Waals surface area (Å²) in [6, 6.07) is 3.73. The lowest BCUT2D eigenvalue weighted by molar-refractivity contribution is -0.124. The molecule has 2 heterocycles. The monoisotopic (exact) mass is 431 g/mol. The second-order valence-corrected chi connectivity index (χ2v) is 7.23. The highest BCUT2D eigenvalue weighted by Gasteiger charge is 2.13. The number of hydroxylamine groups is 1. The fourth-order valence-electron chi connectivity index (χ4n) is 3.18. The van der Waals surface area contributed by atoms with Gasteiger partial charge in [-0.3, -0.25) is 19.2 Å². The predicted molar refractivity (Wildman–Crippen MR) is 120 cm³/mol. The Morgan fingerprint density at radius 2 is 2.10 bits per heavy atom. The molecule has 2 amide bonds. The molecule has 2 rings (SSSR count). The van der Waals surface area contributed by atoms with Crippen LogP contribution in [0.5, 0.6) is 0 Å². The van der Waals surface area contributed by atoms with E-state index in [0.29, 0.717) is 26.1 Å². The van der Waals surface area contributed by atoms with E-state index in [4.69, 9.17) is 14.9 Å². The number of nitrogens with one attached hydrogen (secondary N) is 3. The van der Waals surface area contributed by atoms with Gasteiger partial charge < -0.3 is 15.4 Å². The predicted octanol–water partition coefficient (Wildman–Crippen LogP) is 2.54. The molecule has 9 heteroatoms. The van der Waals surface area contributed by atoms with E-state index in [2.05, 4.69) is 17.6 Å². The van der Waals surface area contributed by atoms with Gasteiger partial charge in [0.05, 0.1) is 12.3 Å². The van der Waals surface area contributed by atoms with Crippen LogP contribution in [0.4, 0.5) is 5.82 Å². The van der Waals surface area contributed by atoms with Crippen molar-refractivity contribution in [1.29, 1.82) is 0 Å². The van der Waals surface area contributed by atoms with Gasteiger partial charge >= 0.3 is 0 Å². The highest BCUT2D eigenvalue weighted by atomic mass is 16.5. The molecule has 0 aliphatic carbocycles. The molecule has 0 fully saturated rings. The summed E-state index contributed by atoms with van der Waals surface area (Å²) in [4.78, 5) is 27.9. The standard InChI is InChI=1S/C22H33N5O4/c1-3-4-5-6-7-18-22(24-12-10-20(28)23-13-15-31-2)27-14-11-17(16-19(27)25-18)8-9-21(29)26-30/h8-9,11,14,16,24,30H,3-7,10,12-13,15H2,1-2H3,(H,23,28)(H,26,29). The quantitative estimate of drug-likeness (QED) is 0.158. The number of hydrogen-bond donors (Lipinski definition) is 4. The van der Waals surface area contributed by atoms with Crippen LogP contribution in [0.15, 0.2) is 24.4 Å². The van der Waals surface area contributed by atoms with Crippen LogP contribution in [0.25, 0.3) is 11.7 Å². The normalized spacial score (nSPS) is 11.2. The highest BCUT2D eigenvalue weighted by molar-refractivity contribution is 5.90. The minimum atomic E-state index is -0.592. The lowest BCUT2D eigenvalue weighted by Gasteiger charge is -2.09. The topological polar surface area (TPSA) is 117 Å². The van der Waals surface area contributed by atoms with Gasteiger partial charge in [0.2, 0.25) is 5.91 Å². The zero-order valence-corrected chi connectivity index (χ0v) is 18.3. The lowest BCUT2D eigenvalue weighted by atomic mass is 10.1. The molecule has 0 unspecified atom stereocenters. The van der Waals surface area contributed by atoms with Crippen molar-refractivity contribution in [3.63, 3.8) is 0 Å². The Bertz CT molecular complexity index is 878. The van der Waals surface area contributed by atoms with Gasteiger partial charge in [-0.25, -0.2) is 10.5 Å². The third kappa shape index (κ3) is 8.03. The van der Waals surface area contributed by atoms with Gasteiger partial charge in [-0.2, -0.15) is 0 Å². The summed E-state index contributed by atoms with van der Waals surface area (Å²) >= 11 is 0. The first-order chi connectivity index (χ1) is 15.1. The minimum Gasteiger partial charge on any atom is -0.383 e. The molecule has 2 aromatic heterocycles. The van der Waals surface area contributed by atoms with Crippen LogP contribution in [0.3, 0.4) is 0 Å². The molecule has 0 spiro atoms. The Labute approximate surface area is 182 Å². The molecule has 4 N–H and O–H groups in total. The van der Waals surface area contributed by atoms with E-state index in [-0.39, 0.29) is 5.91 Å². The number of fused-ring (bicyclic) bond motifs is 1. The fourth-order valence-corrected chi connectivity index (χ4v) is 3.18. The van der Waals surface area contributed by atoms with Crippen molar-refractivity contribution in [2.24, 2.45) is 0 Å². The molecule has 2 aromatic rings. The zero-order valence-electron chi connectivity index (χ0n) is 18.3. The second kappa shape index (κ2) is 13.4. The van der Waals surface area contributed by atoms with Gasteiger partial charge in [0, 0.05) is 38.9 Å². The summed E-state index contributed by atoms with van der Waals surface area (Å²) in [5.41, 5.74) is 4.08. The first-order valence-electron chi connectivity index (χ1n) is 10.7. The van der Waals surface area contributed by atoms with E-state index in [1.165, 1.54) is 18.9 Å². The summed E-state index contributed by atoms with van der Waals surface area (Å²) in [5, 5.41) is 14.8. The number of pyridine rings is 1. The number of methoxy groups -OCH3 is 1. The Kier molecular flexibility index (Phi) is 10.5. The number of anilines is 1. The van der Waals surface area contributed by atoms with E-state index >= 15 is 0 Å². The van der Waals surface area contributed by atoms with Crippen molar-refractivity contribution in [1.82, 2.24) is 20.2 Å². The average Bonchev–Trinajstić information content (AvgIpc) is 3.11. The number of imidazole rings is 1. The molecule has 0 saturated heterocycles. The van der Waals surface area contributed by atoms with E-state index in [0.717, 1.165) is 42.0 Å². The van der Waals surface area contributed by atoms with Crippen molar-refractivity contribution in [3.05, 3.63) is 35.7 Å². The maximum atomic E-state index is 11.9. The van der Waals surface area contributed by atoms with E-state index in [1.807, 2.05) is 22.7 Å². The van der Waals surface area contributed by atoms with Gasteiger partial charge in [0.1, 0.15) is 11.5 Å². The zero-order chi connectivity index (χ0) is 22.5. The van der Waals surface area contributed by atoms with Crippen LogP contribution >= 0.6 is 0 Å². The number of unbranched alkanes of at least 4 members (excludes halogenated alkanes) is 3. The van der Waals surface area contributed by atoms with Crippen LogP contribution in [0.1, 0.15) is 50.3 Å². The molecular formula is C22H33N5O4. The largest absolute Gasteiger partial charge is 0.383 e. The number of nitrogens with zero attached hydrogens (tertiary/aromatic N) is 2. The number of amides is 2. The van der Waals surface area contributed by atoms with Crippen LogP contribution in [-0.4, -0.2) is 53.2 Å². The summed E-state index contributed by atoms with van der Waals surface area (Å²) in [6.45, 7) is 3.66. The van der Waals surface area contributed by atoms with Crippen LogP contribution < -0.4 is 16.1 Å². The number of aromatic nitrogens is 2. The van der Waals surface area contributed by atoms with Gasteiger partial charge in [-0.15, -0.1) is 0 Å². The Balaban J connectivity index is 2.12. The second-order valence-electron chi connectivity index (χ2n) is 7.23. The first-order valence-corrected chi connectivity index (χ1v) is 10.7. The Morgan fingerprint density at radius 3 is 2.84 bits per heavy atom. The Hall–Kier alpha value is -2.91. The number of aryl methyl sites for hydroxylation is 1. The number of rotatable bonds is 14. The van der Waals surface area contributed by atoms with E-state index in [9.17, 15) is 9.59 Å². The minimum absolute atomic E-state index is 0.0301. The fraction of sp³-hybridized carbons (Fsp3) is 0.500. The molecule has 170 valence electrons. The number of hydrogen-bond acceptors (Lipinski definition) is 6. The van der Waals surface area contributed by atoms with Crippen molar-refractivity contribution < 1.29 is 19.5 Å². The number of carbonyl (C=O) groups excluding carboxylic acids is 2. The van der Waals surface area contributed by atoms with Gasteiger partial charge in [-0.05, 0) is 36.6 Å². The van der Waals surface area contributed by atoms with Gasteiger partial charge in [-0.1, -0.05) is 26.2 Å². The lowest BCUT2D eigenvalue weighted by Crippen LogP contribution is -2.28. The molecule has 0 bridgehead atoms. The van der Waals surface area contributed by atoms with Gasteiger partial charge in [0.15, 0.2) is 0 Å². The van der Waals surface area contributed by atoms with Gasteiger partial charge in [0.25, 0.3) is 5.91 Å². The van der Waals surface area contributed by atoms with Crippen molar-refractivity contribution >= 4 is 29.4 Å². The molecular weight excluding hydrogens is 398 g/mol. The maximum absolute atomic E-state index is 11.9. The van der Waals surface area contributed by atoms with Crippen LogP contribution in [0, 0.1) is 0 Å². The van der Waals surface area contributed by atoms with Crippen molar-refractivity contribution in [3.8, 4) is 0 Å². The summed E-state index contributed by atoms with van der Waals surface area (Å²) < 4.78 is 6.90. The Morgan fingerprint density at radius 1 is 1.26 bits per heavy atom. The number of carbonyl (C=O) groups is 2. The van der Waals surface area contributed by atoms with E-state index in [1.54, 1.807) is 18.7 Å². The molecule has 0 atom stereocenters. The SMILES string of the molecule is CCCCCCc1nc2cc(C=CC(=O)NO)ccn2c1NCCC(=O)NCCOC. The van der Waals surface area contributed by atoms with Crippen molar-refractivity contribution in [2.75, 3.05) is 32.1 Å². The van der Waals surface area contributed by atoms with E-state index < -0.39 is 5.91 Å². The summed E-state index contributed by atoms with van der Waals surface area (Å²) in [7, 11) is 1.60. The maximum Gasteiger partial charge on any atom is 0.267 e. The summed E-state index contributed by atoms with van der Waals surface area (Å²) in [5.74, 6) is 0.267. The van der Waals surface area contributed by atoms with Crippen LogP contribution in [-0.2, 0) is 20.7 Å². The number of ether oxygens (including phenoxy) is 1. The average molecular weight is 432 g/mol. The third-order valence-corrected chi connectivity index (χ3v) is 4.80. The first kappa shape index (κ1) is 24.4. The van der Waals surface area contributed by atoms with Crippen molar-refractivity contribution in [2.45, 2.75) is 45.4 Å². The molecule has 0 saturated carbocycles.